The van der Waals surface area contributed by atoms with Crippen LogP contribution in [0.3, 0.4) is 0 Å². The predicted octanol–water partition coefficient (Wildman–Crippen LogP) is 3.74. The number of rotatable bonds is 5. The van der Waals surface area contributed by atoms with Crippen molar-refractivity contribution < 1.29 is 9.32 Å². The van der Waals surface area contributed by atoms with Crippen LogP contribution in [-0.2, 0) is 6.42 Å². The van der Waals surface area contributed by atoms with E-state index in [0.29, 0.717) is 30.3 Å². The quantitative estimate of drug-likeness (QED) is 0.839. The van der Waals surface area contributed by atoms with Crippen LogP contribution in [0.5, 0.6) is 0 Å². The van der Waals surface area contributed by atoms with Crippen molar-refractivity contribution in [3.05, 3.63) is 47.1 Å². The number of carbonyl (C=O) groups is 1. The molecule has 2 aromatic rings. The molecule has 1 heterocycles. The van der Waals surface area contributed by atoms with Gasteiger partial charge in [0.05, 0.1) is 0 Å². The predicted molar refractivity (Wildman–Crippen MR) is 92.0 cm³/mol. The first-order valence-corrected chi connectivity index (χ1v) is 8.78. The van der Waals surface area contributed by atoms with Gasteiger partial charge in [0.15, 0.2) is 5.82 Å². The molecule has 1 aromatic heterocycles. The fourth-order valence-electron chi connectivity index (χ4n) is 3.17. The van der Waals surface area contributed by atoms with Gasteiger partial charge in [-0.25, -0.2) is 0 Å². The maximum Gasteiger partial charge on any atom is 0.253 e. The molecule has 0 atom stereocenters. The molecule has 0 N–H and O–H groups in total. The van der Waals surface area contributed by atoms with Crippen molar-refractivity contribution in [3.8, 4) is 0 Å². The van der Waals surface area contributed by atoms with Gasteiger partial charge in [0.1, 0.15) is 0 Å². The molecule has 1 aliphatic carbocycles. The molecule has 3 rings (SSSR count). The molecular formula is C19H25N3O2. The molecule has 1 fully saturated rings. The first-order chi connectivity index (χ1) is 11.6. The summed E-state index contributed by atoms with van der Waals surface area (Å²) in [5, 5.41) is 4.08. The first kappa shape index (κ1) is 16.7. The molecule has 24 heavy (non-hydrogen) atoms. The monoisotopic (exact) mass is 327 g/mol. The van der Waals surface area contributed by atoms with Crippen molar-refractivity contribution >= 4 is 5.91 Å². The zero-order valence-corrected chi connectivity index (χ0v) is 14.5. The maximum absolute atomic E-state index is 12.4. The lowest BCUT2D eigenvalue weighted by atomic mass is 9.89. The zero-order valence-electron chi connectivity index (χ0n) is 14.5. The van der Waals surface area contributed by atoms with E-state index < -0.39 is 0 Å². The van der Waals surface area contributed by atoms with Gasteiger partial charge in [0, 0.05) is 31.5 Å². The summed E-state index contributed by atoms with van der Waals surface area (Å²) in [7, 11) is 1.81. The van der Waals surface area contributed by atoms with Crippen molar-refractivity contribution in [1.82, 2.24) is 15.0 Å². The highest BCUT2D eigenvalue weighted by molar-refractivity contribution is 5.94. The third-order valence-corrected chi connectivity index (χ3v) is 4.75. The third-order valence-electron chi connectivity index (χ3n) is 4.75. The largest absolute Gasteiger partial charge is 0.341 e. The second-order valence-electron chi connectivity index (χ2n) is 6.73. The molecule has 5 heteroatoms. The van der Waals surface area contributed by atoms with Crippen molar-refractivity contribution in [2.45, 2.75) is 51.4 Å². The number of amides is 1. The van der Waals surface area contributed by atoms with Crippen molar-refractivity contribution in [2.24, 2.45) is 0 Å². The maximum atomic E-state index is 12.4. The lowest BCUT2D eigenvalue weighted by molar-refractivity contribution is 0.0796. The van der Waals surface area contributed by atoms with E-state index in [1.165, 1.54) is 19.3 Å². The third kappa shape index (κ3) is 4.02. The average Bonchev–Trinajstić information content (AvgIpc) is 3.09. The molecule has 0 radical (unpaired) electrons. The Morgan fingerprint density at radius 1 is 1.21 bits per heavy atom. The molecule has 1 aliphatic rings. The van der Waals surface area contributed by atoms with Crippen molar-refractivity contribution in [2.75, 3.05) is 13.6 Å². The highest BCUT2D eigenvalue weighted by Gasteiger charge is 2.21. The van der Waals surface area contributed by atoms with Gasteiger partial charge in [-0.3, -0.25) is 4.79 Å². The molecule has 0 aliphatic heterocycles. The average molecular weight is 327 g/mol. The van der Waals surface area contributed by atoms with Crippen LogP contribution in [-0.4, -0.2) is 34.5 Å². The van der Waals surface area contributed by atoms with E-state index >= 15 is 0 Å². The standard InChI is InChI=1S/C19H25N3O2/c1-14-8-10-16(11-9-14)19(23)22(2)13-12-17-20-18(24-21-17)15-6-4-3-5-7-15/h8-11,15H,3-7,12-13H2,1-2H3. The number of nitrogens with zero attached hydrogens (tertiary/aromatic N) is 3. The summed E-state index contributed by atoms with van der Waals surface area (Å²) in [6, 6.07) is 7.64. The summed E-state index contributed by atoms with van der Waals surface area (Å²) in [4.78, 5) is 18.6. The smallest absolute Gasteiger partial charge is 0.253 e. The van der Waals surface area contributed by atoms with Crippen LogP contribution in [0.15, 0.2) is 28.8 Å². The molecule has 0 unspecified atom stereocenters. The number of hydrogen-bond donors (Lipinski definition) is 0. The van der Waals surface area contributed by atoms with Gasteiger partial charge in [-0.05, 0) is 31.9 Å². The van der Waals surface area contributed by atoms with E-state index in [0.717, 1.165) is 24.3 Å². The second kappa shape index (κ2) is 7.60. The van der Waals surface area contributed by atoms with Gasteiger partial charge in [0.25, 0.3) is 5.91 Å². The Morgan fingerprint density at radius 2 is 1.92 bits per heavy atom. The minimum atomic E-state index is 0.0194. The van der Waals surface area contributed by atoms with Gasteiger partial charge in [-0.1, -0.05) is 42.1 Å². The van der Waals surface area contributed by atoms with E-state index in [2.05, 4.69) is 10.1 Å². The van der Waals surface area contributed by atoms with Crippen LogP contribution in [0.4, 0.5) is 0 Å². The summed E-state index contributed by atoms with van der Waals surface area (Å²) >= 11 is 0. The summed E-state index contributed by atoms with van der Waals surface area (Å²) in [5.41, 5.74) is 1.86. The first-order valence-electron chi connectivity index (χ1n) is 8.78. The van der Waals surface area contributed by atoms with Crippen LogP contribution < -0.4 is 0 Å². The SMILES string of the molecule is Cc1ccc(C(=O)N(C)CCc2noc(C3CCCCC3)n2)cc1. The minimum absolute atomic E-state index is 0.0194. The second-order valence-corrected chi connectivity index (χ2v) is 6.73. The molecule has 0 bridgehead atoms. The van der Waals surface area contributed by atoms with Crippen LogP contribution in [0, 0.1) is 6.92 Å². The van der Waals surface area contributed by atoms with E-state index in [9.17, 15) is 4.79 Å². The Labute approximate surface area is 143 Å². The highest BCUT2D eigenvalue weighted by atomic mass is 16.5. The van der Waals surface area contributed by atoms with Gasteiger partial charge in [-0.15, -0.1) is 0 Å². The topological polar surface area (TPSA) is 59.2 Å². The minimum Gasteiger partial charge on any atom is -0.341 e. The normalized spacial score (nSPS) is 15.4. The van der Waals surface area contributed by atoms with Gasteiger partial charge >= 0.3 is 0 Å². The molecule has 1 aromatic carbocycles. The lowest BCUT2D eigenvalue weighted by Crippen LogP contribution is -2.29. The molecule has 0 saturated heterocycles. The van der Waals surface area contributed by atoms with E-state index in [1.807, 2.05) is 38.2 Å². The van der Waals surface area contributed by atoms with E-state index in [4.69, 9.17) is 4.52 Å². The van der Waals surface area contributed by atoms with E-state index in [1.54, 1.807) is 4.90 Å². The number of benzene rings is 1. The summed E-state index contributed by atoms with van der Waals surface area (Å²) in [6.45, 7) is 2.59. The Hall–Kier alpha value is -2.17. The fourth-order valence-corrected chi connectivity index (χ4v) is 3.17. The van der Waals surface area contributed by atoms with Crippen molar-refractivity contribution in [1.29, 1.82) is 0 Å². The summed E-state index contributed by atoms with van der Waals surface area (Å²) < 4.78 is 5.43. The summed E-state index contributed by atoms with van der Waals surface area (Å²) in [6.07, 6.45) is 6.71. The van der Waals surface area contributed by atoms with Crippen LogP contribution >= 0.6 is 0 Å². The molecule has 5 nitrogen and oxygen atoms in total. The molecule has 1 amide bonds. The Balaban J connectivity index is 1.54. The zero-order chi connectivity index (χ0) is 16.9. The molecule has 128 valence electrons. The number of hydrogen-bond acceptors (Lipinski definition) is 4. The van der Waals surface area contributed by atoms with Crippen LogP contribution in [0.1, 0.15) is 65.7 Å². The fraction of sp³-hybridized carbons (Fsp3) is 0.526. The lowest BCUT2D eigenvalue weighted by Gasteiger charge is -2.17. The van der Waals surface area contributed by atoms with E-state index in [-0.39, 0.29) is 5.91 Å². The van der Waals surface area contributed by atoms with Gasteiger partial charge < -0.3 is 9.42 Å². The molecular weight excluding hydrogens is 302 g/mol. The van der Waals surface area contributed by atoms with Crippen molar-refractivity contribution in [3.63, 3.8) is 0 Å². The highest BCUT2D eigenvalue weighted by Crippen LogP contribution is 2.31. The van der Waals surface area contributed by atoms with Crippen LogP contribution in [0.25, 0.3) is 0 Å². The van der Waals surface area contributed by atoms with Crippen LogP contribution in [0.2, 0.25) is 0 Å². The van der Waals surface area contributed by atoms with Gasteiger partial charge in [-0.2, -0.15) is 4.98 Å². The number of aryl methyl sites for hydroxylation is 1. The number of likely N-dealkylation sites (N-methyl/N-ethyl adjacent to an activating group) is 1. The number of aromatic nitrogens is 2. The van der Waals surface area contributed by atoms with Gasteiger partial charge in [0.2, 0.25) is 5.89 Å². The number of carbonyl (C=O) groups excluding carboxylic acids is 1. The Morgan fingerprint density at radius 3 is 2.62 bits per heavy atom. The Kier molecular flexibility index (Phi) is 5.28. The Bertz CT molecular complexity index is 672. The molecule has 0 spiro atoms. The molecule has 1 saturated carbocycles. The summed E-state index contributed by atoms with van der Waals surface area (Å²) in [5.74, 6) is 1.91.